The van der Waals surface area contributed by atoms with Crippen LogP contribution in [0.1, 0.15) is 51.2 Å². The van der Waals surface area contributed by atoms with E-state index in [2.05, 4.69) is 38.2 Å². The number of benzene rings is 1. The molecule has 3 nitrogen and oxygen atoms in total. The first-order valence-corrected chi connectivity index (χ1v) is 8.36. The quantitative estimate of drug-likeness (QED) is 0.900. The molecule has 2 aliphatic rings. The van der Waals surface area contributed by atoms with Crippen LogP contribution in [0.5, 0.6) is 11.5 Å². The maximum Gasteiger partial charge on any atom is 0.123 e. The Hall–Kier alpha value is -1.22. The first-order valence-electron chi connectivity index (χ1n) is 8.36. The lowest BCUT2D eigenvalue weighted by atomic mass is 9.86. The zero-order chi connectivity index (χ0) is 14.9. The fourth-order valence-electron chi connectivity index (χ4n) is 3.72. The first-order chi connectivity index (χ1) is 10.2. The van der Waals surface area contributed by atoms with Gasteiger partial charge in [0.25, 0.3) is 0 Å². The van der Waals surface area contributed by atoms with E-state index in [0.29, 0.717) is 0 Å². The standard InChI is InChI=1S/C18H27NO2/c1-4-18(7-6-8-19-18)12-15-11-17-14(9-13(3)21-17)10-16(15)20-5-2/h10-11,13,19H,4-9,12H2,1-3H3. The summed E-state index contributed by atoms with van der Waals surface area (Å²) >= 11 is 0. The molecule has 116 valence electrons. The van der Waals surface area contributed by atoms with Crippen molar-refractivity contribution >= 4 is 0 Å². The molecule has 1 fully saturated rings. The summed E-state index contributed by atoms with van der Waals surface area (Å²) in [4.78, 5) is 0. The first kappa shape index (κ1) is 14.7. The van der Waals surface area contributed by atoms with E-state index in [1.165, 1.54) is 24.0 Å². The highest BCUT2D eigenvalue weighted by molar-refractivity contribution is 5.49. The number of hydrogen-bond acceptors (Lipinski definition) is 3. The molecule has 2 atom stereocenters. The van der Waals surface area contributed by atoms with E-state index in [1.807, 2.05) is 0 Å². The molecule has 1 saturated heterocycles. The summed E-state index contributed by atoms with van der Waals surface area (Å²) in [5.41, 5.74) is 2.82. The molecule has 2 aliphatic heterocycles. The van der Waals surface area contributed by atoms with Crippen molar-refractivity contribution in [2.75, 3.05) is 13.2 Å². The van der Waals surface area contributed by atoms with E-state index in [-0.39, 0.29) is 11.6 Å². The van der Waals surface area contributed by atoms with Crippen molar-refractivity contribution in [3.63, 3.8) is 0 Å². The van der Waals surface area contributed by atoms with Gasteiger partial charge in [-0.15, -0.1) is 0 Å². The van der Waals surface area contributed by atoms with Crippen molar-refractivity contribution < 1.29 is 9.47 Å². The Morgan fingerprint density at radius 1 is 1.38 bits per heavy atom. The molecule has 0 radical (unpaired) electrons. The van der Waals surface area contributed by atoms with Crippen LogP contribution in [0.3, 0.4) is 0 Å². The van der Waals surface area contributed by atoms with Crippen LogP contribution >= 0.6 is 0 Å². The number of hydrogen-bond donors (Lipinski definition) is 1. The second-order valence-corrected chi connectivity index (χ2v) is 6.47. The minimum absolute atomic E-state index is 0.240. The Kier molecular flexibility index (Phi) is 4.12. The zero-order valence-electron chi connectivity index (χ0n) is 13.5. The Bertz CT molecular complexity index is 506. The van der Waals surface area contributed by atoms with Crippen molar-refractivity contribution in [3.05, 3.63) is 23.3 Å². The lowest BCUT2D eigenvalue weighted by Gasteiger charge is -2.29. The third-order valence-corrected chi connectivity index (χ3v) is 4.92. The molecule has 0 spiro atoms. The molecule has 3 heteroatoms. The van der Waals surface area contributed by atoms with Gasteiger partial charge in [0.1, 0.15) is 17.6 Å². The summed E-state index contributed by atoms with van der Waals surface area (Å²) in [6, 6.07) is 4.43. The molecule has 0 saturated carbocycles. The van der Waals surface area contributed by atoms with Gasteiger partial charge in [-0.3, -0.25) is 0 Å². The smallest absolute Gasteiger partial charge is 0.123 e. The van der Waals surface area contributed by atoms with Crippen LogP contribution in [0, 0.1) is 0 Å². The van der Waals surface area contributed by atoms with E-state index >= 15 is 0 Å². The number of rotatable bonds is 5. The minimum Gasteiger partial charge on any atom is -0.494 e. The fourth-order valence-corrected chi connectivity index (χ4v) is 3.72. The van der Waals surface area contributed by atoms with Gasteiger partial charge in [0.15, 0.2) is 0 Å². The van der Waals surface area contributed by atoms with Crippen molar-refractivity contribution in [2.24, 2.45) is 0 Å². The van der Waals surface area contributed by atoms with Gasteiger partial charge >= 0.3 is 0 Å². The monoisotopic (exact) mass is 289 g/mol. The van der Waals surface area contributed by atoms with Crippen LogP contribution in [0.4, 0.5) is 0 Å². The highest BCUT2D eigenvalue weighted by Crippen LogP contribution is 2.38. The number of ether oxygens (including phenoxy) is 2. The molecule has 0 aromatic heterocycles. The molecular formula is C18H27NO2. The number of fused-ring (bicyclic) bond motifs is 1. The Balaban J connectivity index is 1.91. The van der Waals surface area contributed by atoms with E-state index < -0.39 is 0 Å². The van der Waals surface area contributed by atoms with Gasteiger partial charge in [0.05, 0.1) is 6.61 Å². The van der Waals surface area contributed by atoms with E-state index in [0.717, 1.165) is 43.9 Å². The second kappa shape index (κ2) is 5.88. The highest BCUT2D eigenvalue weighted by Gasteiger charge is 2.33. The molecule has 0 aliphatic carbocycles. The largest absolute Gasteiger partial charge is 0.494 e. The van der Waals surface area contributed by atoms with Crippen LogP contribution in [-0.2, 0) is 12.8 Å². The van der Waals surface area contributed by atoms with Crippen molar-refractivity contribution in [1.29, 1.82) is 0 Å². The third-order valence-electron chi connectivity index (χ3n) is 4.92. The molecule has 21 heavy (non-hydrogen) atoms. The molecule has 0 bridgehead atoms. The Morgan fingerprint density at radius 3 is 2.90 bits per heavy atom. The van der Waals surface area contributed by atoms with Gasteiger partial charge in [-0.05, 0) is 63.8 Å². The summed E-state index contributed by atoms with van der Waals surface area (Å²) in [6.07, 6.45) is 6.00. The van der Waals surface area contributed by atoms with Crippen LogP contribution in [-0.4, -0.2) is 24.8 Å². The van der Waals surface area contributed by atoms with Gasteiger partial charge in [0.2, 0.25) is 0 Å². The van der Waals surface area contributed by atoms with Crippen molar-refractivity contribution in [3.8, 4) is 11.5 Å². The molecular weight excluding hydrogens is 262 g/mol. The average molecular weight is 289 g/mol. The predicted octanol–water partition coefficient (Wildman–Crippen LogP) is 3.48. The molecule has 3 rings (SSSR count). The summed E-state index contributed by atoms with van der Waals surface area (Å²) in [7, 11) is 0. The molecule has 2 heterocycles. The van der Waals surface area contributed by atoms with E-state index in [9.17, 15) is 0 Å². The lowest BCUT2D eigenvalue weighted by Crippen LogP contribution is -2.41. The minimum atomic E-state index is 0.240. The van der Waals surface area contributed by atoms with Crippen molar-refractivity contribution in [1.82, 2.24) is 5.32 Å². The molecule has 1 aromatic rings. The Labute approximate surface area is 128 Å². The van der Waals surface area contributed by atoms with Crippen LogP contribution in [0.25, 0.3) is 0 Å². The molecule has 2 unspecified atom stereocenters. The van der Waals surface area contributed by atoms with Gasteiger partial charge in [0, 0.05) is 17.5 Å². The third kappa shape index (κ3) is 2.89. The van der Waals surface area contributed by atoms with Crippen LogP contribution < -0.4 is 14.8 Å². The summed E-state index contributed by atoms with van der Waals surface area (Å²) in [5.74, 6) is 2.11. The van der Waals surface area contributed by atoms with E-state index in [1.54, 1.807) is 0 Å². The van der Waals surface area contributed by atoms with Gasteiger partial charge in [-0.2, -0.15) is 0 Å². The highest BCUT2D eigenvalue weighted by atomic mass is 16.5. The summed E-state index contributed by atoms with van der Waals surface area (Å²) in [5, 5.41) is 3.72. The van der Waals surface area contributed by atoms with Gasteiger partial charge in [-0.25, -0.2) is 0 Å². The maximum atomic E-state index is 5.94. The van der Waals surface area contributed by atoms with Crippen LogP contribution in [0.15, 0.2) is 12.1 Å². The maximum absolute atomic E-state index is 5.94. The zero-order valence-corrected chi connectivity index (χ0v) is 13.5. The van der Waals surface area contributed by atoms with Crippen LogP contribution in [0.2, 0.25) is 0 Å². The number of nitrogens with one attached hydrogen (secondary N) is 1. The van der Waals surface area contributed by atoms with Crippen molar-refractivity contribution in [2.45, 2.75) is 64.5 Å². The molecule has 0 amide bonds. The molecule has 1 aromatic carbocycles. The lowest BCUT2D eigenvalue weighted by molar-refractivity contribution is 0.254. The predicted molar refractivity (Wildman–Crippen MR) is 85.4 cm³/mol. The Morgan fingerprint density at radius 2 is 2.24 bits per heavy atom. The van der Waals surface area contributed by atoms with E-state index in [4.69, 9.17) is 9.47 Å². The topological polar surface area (TPSA) is 30.5 Å². The normalized spacial score (nSPS) is 27.5. The summed E-state index contributed by atoms with van der Waals surface area (Å²) < 4.78 is 11.8. The average Bonchev–Trinajstić information content (AvgIpc) is 3.06. The van der Waals surface area contributed by atoms with Gasteiger partial charge in [-0.1, -0.05) is 6.92 Å². The molecule has 1 N–H and O–H groups in total. The summed E-state index contributed by atoms with van der Waals surface area (Å²) in [6.45, 7) is 8.32. The fraction of sp³-hybridized carbons (Fsp3) is 0.667. The van der Waals surface area contributed by atoms with Gasteiger partial charge < -0.3 is 14.8 Å². The second-order valence-electron chi connectivity index (χ2n) is 6.47. The SMILES string of the molecule is CCOc1cc2c(cc1CC1(CC)CCCN1)OC(C)C2.